The second-order valence-corrected chi connectivity index (χ2v) is 7.34. The van der Waals surface area contributed by atoms with Crippen molar-refractivity contribution in [2.24, 2.45) is 0 Å². The Balaban J connectivity index is 1.34. The molecule has 1 aliphatic carbocycles. The largest absolute Gasteiger partial charge is 0.379 e. The lowest BCUT2D eigenvalue weighted by atomic mass is 9.91. The molecule has 0 amide bonds. The topological polar surface area (TPSA) is 21.7 Å². The van der Waals surface area contributed by atoms with Crippen molar-refractivity contribution in [1.82, 2.24) is 4.90 Å². The Labute approximate surface area is 150 Å². The molecule has 0 bridgehead atoms. The summed E-state index contributed by atoms with van der Waals surface area (Å²) in [6, 6.07) is 15.9. The third-order valence-electron chi connectivity index (χ3n) is 5.72. The zero-order chi connectivity index (χ0) is 16.9. The van der Waals surface area contributed by atoms with Gasteiger partial charge in [0, 0.05) is 19.1 Å². The van der Waals surface area contributed by atoms with Gasteiger partial charge in [-0.2, -0.15) is 0 Å². The number of ether oxygens (including phenoxy) is 2. The summed E-state index contributed by atoms with van der Waals surface area (Å²) in [6.45, 7) is 4.70. The highest BCUT2D eigenvalue weighted by molar-refractivity contribution is 5.82. The summed E-state index contributed by atoms with van der Waals surface area (Å²) in [5.74, 6) is 0. The van der Waals surface area contributed by atoms with Crippen LogP contribution in [-0.4, -0.2) is 50.0 Å². The van der Waals surface area contributed by atoms with Gasteiger partial charge in [0.15, 0.2) is 0 Å². The first kappa shape index (κ1) is 17.0. The molecule has 0 spiro atoms. The molecule has 2 fully saturated rings. The summed E-state index contributed by atoms with van der Waals surface area (Å²) >= 11 is 0. The molecule has 1 saturated heterocycles. The highest BCUT2D eigenvalue weighted by Gasteiger charge is 2.31. The second kappa shape index (κ2) is 8.31. The number of hydrogen-bond acceptors (Lipinski definition) is 3. The van der Waals surface area contributed by atoms with E-state index in [1.165, 1.54) is 42.0 Å². The molecule has 134 valence electrons. The smallest absolute Gasteiger partial charge is 0.0730 e. The highest BCUT2D eigenvalue weighted by atomic mass is 16.5. The first-order valence-corrected chi connectivity index (χ1v) is 9.81. The lowest BCUT2D eigenvalue weighted by Crippen LogP contribution is -2.51. The number of rotatable bonds is 5. The van der Waals surface area contributed by atoms with Crippen molar-refractivity contribution in [2.75, 3.05) is 32.9 Å². The Morgan fingerprint density at radius 1 is 0.960 bits per heavy atom. The molecule has 2 aromatic rings. The maximum Gasteiger partial charge on any atom is 0.0730 e. The van der Waals surface area contributed by atoms with E-state index >= 15 is 0 Å². The van der Waals surface area contributed by atoms with Gasteiger partial charge < -0.3 is 9.47 Å². The van der Waals surface area contributed by atoms with Crippen molar-refractivity contribution in [3.05, 3.63) is 48.0 Å². The van der Waals surface area contributed by atoms with Gasteiger partial charge in [-0.3, -0.25) is 4.90 Å². The molecule has 2 atom stereocenters. The minimum atomic E-state index is 0.396. The zero-order valence-electron chi connectivity index (χ0n) is 15.0. The minimum Gasteiger partial charge on any atom is -0.379 e. The van der Waals surface area contributed by atoms with Crippen molar-refractivity contribution >= 4 is 10.8 Å². The molecule has 3 nitrogen and oxygen atoms in total. The van der Waals surface area contributed by atoms with E-state index in [0.29, 0.717) is 12.1 Å². The second-order valence-electron chi connectivity index (χ2n) is 7.34. The normalized spacial score (nSPS) is 25.3. The summed E-state index contributed by atoms with van der Waals surface area (Å²) in [5.41, 5.74) is 1.37. The van der Waals surface area contributed by atoms with Gasteiger partial charge in [0.05, 0.1) is 25.9 Å². The fourth-order valence-electron chi connectivity index (χ4n) is 4.32. The number of fused-ring (bicyclic) bond motifs is 1. The van der Waals surface area contributed by atoms with Crippen LogP contribution in [0.2, 0.25) is 0 Å². The quantitative estimate of drug-likeness (QED) is 0.820. The van der Waals surface area contributed by atoms with Gasteiger partial charge in [0.1, 0.15) is 0 Å². The van der Waals surface area contributed by atoms with Crippen LogP contribution in [0, 0.1) is 0 Å². The molecule has 1 aliphatic heterocycles. The molecular formula is C22H29NO2. The van der Waals surface area contributed by atoms with E-state index in [0.717, 1.165) is 39.3 Å². The molecule has 2 aliphatic rings. The molecule has 0 aromatic heterocycles. The van der Waals surface area contributed by atoms with E-state index in [1.54, 1.807) is 0 Å². The van der Waals surface area contributed by atoms with Crippen molar-refractivity contribution < 1.29 is 9.47 Å². The molecule has 0 N–H and O–H groups in total. The molecule has 2 aromatic carbocycles. The number of hydrogen-bond donors (Lipinski definition) is 0. The Hall–Kier alpha value is -1.42. The van der Waals surface area contributed by atoms with Crippen LogP contribution in [0.1, 0.15) is 31.2 Å². The molecule has 1 heterocycles. The van der Waals surface area contributed by atoms with E-state index in [9.17, 15) is 0 Å². The van der Waals surface area contributed by atoms with Crippen molar-refractivity contribution in [3.8, 4) is 0 Å². The van der Waals surface area contributed by atoms with Crippen LogP contribution in [0.4, 0.5) is 0 Å². The molecule has 0 radical (unpaired) electrons. The van der Waals surface area contributed by atoms with Crippen LogP contribution in [0.5, 0.6) is 0 Å². The monoisotopic (exact) mass is 339 g/mol. The lowest BCUT2D eigenvalue weighted by Gasteiger charge is -2.41. The van der Waals surface area contributed by atoms with Gasteiger partial charge in [-0.25, -0.2) is 0 Å². The first-order valence-electron chi connectivity index (χ1n) is 9.81. The molecule has 4 rings (SSSR count). The molecular weight excluding hydrogens is 310 g/mol. The van der Waals surface area contributed by atoms with Crippen LogP contribution in [0.3, 0.4) is 0 Å². The summed E-state index contributed by atoms with van der Waals surface area (Å²) in [6.07, 6.45) is 6.53. The van der Waals surface area contributed by atoms with Crippen molar-refractivity contribution in [2.45, 2.75) is 44.2 Å². The number of nitrogens with zero attached hydrogens (tertiary/aromatic N) is 1. The van der Waals surface area contributed by atoms with Crippen LogP contribution in [-0.2, 0) is 15.9 Å². The summed E-state index contributed by atoms with van der Waals surface area (Å²) in [4.78, 5) is 2.60. The van der Waals surface area contributed by atoms with Crippen molar-refractivity contribution in [3.63, 3.8) is 0 Å². The molecule has 1 saturated carbocycles. The van der Waals surface area contributed by atoms with Gasteiger partial charge >= 0.3 is 0 Å². The number of morpholine rings is 1. The maximum atomic E-state index is 6.38. The molecule has 3 heteroatoms. The summed E-state index contributed by atoms with van der Waals surface area (Å²) < 4.78 is 11.9. The Morgan fingerprint density at radius 3 is 2.64 bits per heavy atom. The summed E-state index contributed by atoms with van der Waals surface area (Å²) in [5, 5.41) is 2.63. The Kier molecular flexibility index (Phi) is 5.65. The van der Waals surface area contributed by atoms with E-state index in [-0.39, 0.29) is 0 Å². The number of benzene rings is 2. The fourth-order valence-corrected chi connectivity index (χ4v) is 4.32. The highest BCUT2D eigenvalue weighted by Crippen LogP contribution is 2.26. The van der Waals surface area contributed by atoms with Crippen molar-refractivity contribution in [1.29, 1.82) is 0 Å². The first-order chi connectivity index (χ1) is 12.4. The van der Waals surface area contributed by atoms with Gasteiger partial charge in [-0.15, -0.1) is 0 Å². The van der Waals surface area contributed by atoms with E-state index < -0.39 is 0 Å². The van der Waals surface area contributed by atoms with Gasteiger partial charge in [0.2, 0.25) is 0 Å². The van der Waals surface area contributed by atoms with Gasteiger partial charge in [-0.1, -0.05) is 55.3 Å². The standard InChI is InChI=1S/C22H29NO2/c1-2-6-20-17-18(9-10-19(20)5-1)11-14-25-22-8-4-3-7-21(22)23-12-15-24-16-13-23/h1-2,5-6,9-10,17,21-22H,3-4,7-8,11-16H2/t21?,22-/m0/s1. The average molecular weight is 339 g/mol. The van der Waals surface area contributed by atoms with Gasteiger partial charge in [-0.05, 0) is 35.6 Å². The predicted molar refractivity (Wildman–Crippen MR) is 102 cm³/mol. The maximum absolute atomic E-state index is 6.38. The Bertz CT molecular complexity index is 681. The average Bonchev–Trinajstić information content (AvgIpc) is 2.69. The molecule has 25 heavy (non-hydrogen) atoms. The Morgan fingerprint density at radius 2 is 1.76 bits per heavy atom. The summed E-state index contributed by atoms with van der Waals surface area (Å²) in [7, 11) is 0. The zero-order valence-corrected chi connectivity index (χ0v) is 15.0. The third-order valence-corrected chi connectivity index (χ3v) is 5.72. The fraction of sp³-hybridized carbons (Fsp3) is 0.545. The predicted octanol–water partition coefficient (Wildman–Crippen LogP) is 4.04. The van der Waals surface area contributed by atoms with E-state index in [1.807, 2.05) is 0 Å². The van der Waals surface area contributed by atoms with E-state index in [4.69, 9.17) is 9.47 Å². The third kappa shape index (κ3) is 4.22. The van der Waals surface area contributed by atoms with Crippen LogP contribution in [0.15, 0.2) is 42.5 Å². The van der Waals surface area contributed by atoms with Crippen LogP contribution in [0.25, 0.3) is 10.8 Å². The van der Waals surface area contributed by atoms with Crippen LogP contribution >= 0.6 is 0 Å². The lowest BCUT2D eigenvalue weighted by molar-refractivity contribution is -0.0647. The minimum absolute atomic E-state index is 0.396. The van der Waals surface area contributed by atoms with Crippen LogP contribution < -0.4 is 0 Å². The molecule has 1 unspecified atom stereocenters. The van der Waals surface area contributed by atoms with Gasteiger partial charge in [0.25, 0.3) is 0 Å². The van der Waals surface area contributed by atoms with E-state index in [2.05, 4.69) is 47.4 Å². The SMILES string of the molecule is c1ccc2cc(CCO[C@H]3CCCCC3N3CCOCC3)ccc2c1.